The summed E-state index contributed by atoms with van der Waals surface area (Å²) in [6, 6.07) is 16.0. The molecule has 6 nitrogen and oxygen atoms in total. The molecule has 0 aromatic heterocycles. The molecule has 0 saturated heterocycles. The highest BCUT2D eigenvalue weighted by atomic mass is 16.5. The van der Waals surface area contributed by atoms with E-state index in [-0.39, 0.29) is 12.5 Å². The van der Waals surface area contributed by atoms with Gasteiger partial charge in [-0.3, -0.25) is 15.0 Å². The number of para-hydroxylation sites is 2. The first kappa shape index (κ1) is 14.1. The SMILES string of the molecule is NNC(=O)C1CN(C(=O)c2ccccc2)c2ccccc2O1. The lowest BCUT2D eigenvalue weighted by atomic mass is 10.1. The number of hydrogen-bond donors (Lipinski definition) is 2. The molecule has 0 bridgehead atoms. The summed E-state index contributed by atoms with van der Waals surface area (Å²) in [6.45, 7) is 0.105. The molecule has 2 amide bonds. The number of carbonyl (C=O) groups is 2. The van der Waals surface area contributed by atoms with Crippen molar-refractivity contribution in [2.24, 2.45) is 5.84 Å². The maximum Gasteiger partial charge on any atom is 0.276 e. The third kappa shape index (κ3) is 2.51. The van der Waals surface area contributed by atoms with Crippen molar-refractivity contribution in [3.05, 3.63) is 60.2 Å². The minimum absolute atomic E-state index is 0.105. The summed E-state index contributed by atoms with van der Waals surface area (Å²) in [7, 11) is 0. The lowest BCUT2D eigenvalue weighted by Gasteiger charge is -2.33. The second kappa shape index (κ2) is 5.87. The molecule has 0 aliphatic carbocycles. The summed E-state index contributed by atoms with van der Waals surface area (Å²) in [5.41, 5.74) is 3.25. The minimum atomic E-state index is -0.840. The number of hydrogen-bond acceptors (Lipinski definition) is 4. The molecule has 1 aliphatic rings. The normalized spacial score (nSPS) is 16.4. The molecule has 22 heavy (non-hydrogen) atoms. The molecule has 1 aliphatic heterocycles. The standard InChI is InChI=1S/C16H15N3O3/c17-18-15(20)14-10-19(12-8-4-5-9-13(12)22-14)16(21)11-6-2-1-3-7-11/h1-9,14H,10,17H2,(H,18,20). The fourth-order valence-electron chi connectivity index (χ4n) is 2.39. The Labute approximate surface area is 127 Å². The van der Waals surface area contributed by atoms with Gasteiger partial charge in [0.2, 0.25) is 0 Å². The zero-order valence-electron chi connectivity index (χ0n) is 11.7. The maximum atomic E-state index is 12.7. The Morgan fingerprint density at radius 1 is 1.09 bits per heavy atom. The smallest absolute Gasteiger partial charge is 0.276 e. The number of hydrazine groups is 1. The number of carbonyl (C=O) groups excluding carboxylic acids is 2. The van der Waals surface area contributed by atoms with Crippen molar-refractivity contribution in [1.82, 2.24) is 5.43 Å². The number of benzene rings is 2. The van der Waals surface area contributed by atoms with Crippen LogP contribution in [0.5, 0.6) is 5.75 Å². The molecule has 3 rings (SSSR count). The monoisotopic (exact) mass is 297 g/mol. The fourth-order valence-corrected chi connectivity index (χ4v) is 2.39. The third-order valence-electron chi connectivity index (χ3n) is 3.47. The zero-order chi connectivity index (χ0) is 15.5. The Hall–Kier alpha value is -2.86. The van der Waals surface area contributed by atoms with Crippen LogP contribution < -0.4 is 20.9 Å². The van der Waals surface area contributed by atoms with Gasteiger partial charge in [-0.05, 0) is 24.3 Å². The van der Waals surface area contributed by atoms with Gasteiger partial charge in [0.05, 0.1) is 12.2 Å². The van der Waals surface area contributed by atoms with Gasteiger partial charge in [0, 0.05) is 5.56 Å². The number of fused-ring (bicyclic) bond motifs is 1. The van der Waals surface area contributed by atoms with Gasteiger partial charge < -0.3 is 9.64 Å². The van der Waals surface area contributed by atoms with E-state index in [9.17, 15) is 9.59 Å². The van der Waals surface area contributed by atoms with Gasteiger partial charge in [-0.1, -0.05) is 30.3 Å². The number of amides is 2. The van der Waals surface area contributed by atoms with Crippen LogP contribution >= 0.6 is 0 Å². The molecule has 6 heteroatoms. The summed E-state index contributed by atoms with van der Waals surface area (Å²) in [5.74, 6) is 4.99. The van der Waals surface area contributed by atoms with E-state index in [1.165, 1.54) is 4.90 Å². The predicted molar refractivity (Wildman–Crippen MR) is 81.3 cm³/mol. The molecule has 0 fully saturated rings. The van der Waals surface area contributed by atoms with Crippen molar-refractivity contribution >= 4 is 17.5 Å². The van der Waals surface area contributed by atoms with E-state index >= 15 is 0 Å². The van der Waals surface area contributed by atoms with Crippen LogP contribution in [-0.4, -0.2) is 24.5 Å². The predicted octanol–water partition coefficient (Wildman–Crippen LogP) is 1.08. The van der Waals surface area contributed by atoms with Crippen LogP contribution in [0.4, 0.5) is 5.69 Å². The average molecular weight is 297 g/mol. The second-order valence-electron chi connectivity index (χ2n) is 4.86. The van der Waals surface area contributed by atoms with Gasteiger partial charge in [-0.2, -0.15) is 0 Å². The number of rotatable bonds is 2. The highest BCUT2D eigenvalue weighted by molar-refractivity contribution is 6.07. The first-order valence-electron chi connectivity index (χ1n) is 6.84. The number of nitrogens with two attached hydrogens (primary N) is 1. The summed E-state index contributed by atoms with van der Waals surface area (Å²) in [6.07, 6.45) is -0.840. The summed E-state index contributed by atoms with van der Waals surface area (Å²) in [5, 5.41) is 0. The molecule has 1 heterocycles. The highest BCUT2D eigenvalue weighted by Gasteiger charge is 2.33. The molecule has 112 valence electrons. The van der Waals surface area contributed by atoms with E-state index in [1.54, 1.807) is 42.5 Å². The van der Waals surface area contributed by atoms with Crippen LogP contribution in [0, 0.1) is 0 Å². The van der Waals surface area contributed by atoms with E-state index in [0.717, 1.165) is 0 Å². The van der Waals surface area contributed by atoms with E-state index < -0.39 is 12.0 Å². The van der Waals surface area contributed by atoms with Crippen LogP contribution in [0.15, 0.2) is 54.6 Å². The summed E-state index contributed by atoms with van der Waals surface area (Å²) < 4.78 is 5.61. The van der Waals surface area contributed by atoms with Gasteiger partial charge in [0.25, 0.3) is 11.8 Å². The van der Waals surface area contributed by atoms with Crippen molar-refractivity contribution < 1.29 is 14.3 Å². The highest BCUT2D eigenvalue weighted by Crippen LogP contribution is 2.34. The average Bonchev–Trinajstić information content (AvgIpc) is 2.60. The van der Waals surface area contributed by atoms with Gasteiger partial charge in [0.1, 0.15) is 5.75 Å². The first-order valence-corrected chi connectivity index (χ1v) is 6.84. The van der Waals surface area contributed by atoms with Crippen LogP contribution in [0.2, 0.25) is 0 Å². The molecular weight excluding hydrogens is 282 g/mol. The maximum absolute atomic E-state index is 12.7. The quantitative estimate of drug-likeness (QED) is 0.493. The van der Waals surface area contributed by atoms with Crippen molar-refractivity contribution in [2.75, 3.05) is 11.4 Å². The van der Waals surface area contributed by atoms with Crippen LogP contribution in [0.3, 0.4) is 0 Å². The molecule has 3 N–H and O–H groups in total. The molecule has 1 atom stereocenters. The lowest BCUT2D eigenvalue weighted by molar-refractivity contribution is -0.127. The topological polar surface area (TPSA) is 84.7 Å². The van der Waals surface area contributed by atoms with E-state index in [4.69, 9.17) is 10.6 Å². The molecule has 0 radical (unpaired) electrons. The Bertz CT molecular complexity index is 703. The molecule has 2 aromatic carbocycles. The molecular formula is C16H15N3O3. The number of nitrogens with one attached hydrogen (secondary N) is 1. The minimum Gasteiger partial charge on any atom is -0.476 e. The van der Waals surface area contributed by atoms with Gasteiger partial charge in [-0.15, -0.1) is 0 Å². The number of ether oxygens (including phenoxy) is 1. The summed E-state index contributed by atoms with van der Waals surface area (Å²) in [4.78, 5) is 26.0. The van der Waals surface area contributed by atoms with Crippen LogP contribution in [0.1, 0.15) is 10.4 Å². The van der Waals surface area contributed by atoms with Gasteiger partial charge in [-0.25, -0.2) is 5.84 Å². The van der Waals surface area contributed by atoms with Crippen molar-refractivity contribution in [3.63, 3.8) is 0 Å². The fraction of sp³-hybridized carbons (Fsp3) is 0.125. The van der Waals surface area contributed by atoms with Crippen LogP contribution in [0.25, 0.3) is 0 Å². The van der Waals surface area contributed by atoms with E-state index in [2.05, 4.69) is 5.43 Å². The Morgan fingerprint density at radius 2 is 1.77 bits per heavy atom. The Morgan fingerprint density at radius 3 is 2.50 bits per heavy atom. The Balaban J connectivity index is 1.98. The van der Waals surface area contributed by atoms with E-state index in [1.807, 2.05) is 12.1 Å². The largest absolute Gasteiger partial charge is 0.476 e. The summed E-state index contributed by atoms with van der Waals surface area (Å²) >= 11 is 0. The molecule has 0 spiro atoms. The van der Waals surface area contributed by atoms with E-state index in [0.29, 0.717) is 17.0 Å². The van der Waals surface area contributed by atoms with Gasteiger partial charge >= 0.3 is 0 Å². The number of nitrogens with zero attached hydrogens (tertiary/aromatic N) is 1. The van der Waals surface area contributed by atoms with Crippen molar-refractivity contribution in [3.8, 4) is 5.75 Å². The lowest BCUT2D eigenvalue weighted by Crippen LogP contribution is -2.52. The zero-order valence-corrected chi connectivity index (χ0v) is 11.7. The Kier molecular flexibility index (Phi) is 3.76. The molecule has 0 saturated carbocycles. The van der Waals surface area contributed by atoms with Crippen molar-refractivity contribution in [1.29, 1.82) is 0 Å². The van der Waals surface area contributed by atoms with Crippen LogP contribution in [-0.2, 0) is 4.79 Å². The third-order valence-corrected chi connectivity index (χ3v) is 3.47. The number of anilines is 1. The van der Waals surface area contributed by atoms with Gasteiger partial charge in [0.15, 0.2) is 6.10 Å². The second-order valence-corrected chi connectivity index (χ2v) is 4.86. The molecule has 2 aromatic rings. The van der Waals surface area contributed by atoms with Crippen molar-refractivity contribution in [2.45, 2.75) is 6.10 Å². The first-order chi connectivity index (χ1) is 10.7. The molecule has 1 unspecified atom stereocenters.